The van der Waals surface area contributed by atoms with Crippen molar-refractivity contribution in [1.29, 1.82) is 0 Å². The van der Waals surface area contributed by atoms with E-state index in [0.717, 1.165) is 28.5 Å². The van der Waals surface area contributed by atoms with E-state index >= 15 is 0 Å². The quantitative estimate of drug-likeness (QED) is 0.774. The van der Waals surface area contributed by atoms with Crippen molar-refractivity contribution in [2.24, 2.45) is 0 Å². The number of benzene rings is 1. The molecule has 5 heteroatoms. The molecule has 3 aromatic rings. The van der Waals surface area contributed by atoms with E-state index in [-0.39, 0.29) is 5.75 Å². The van der Waals surface area contributed by atoms with Crippen molar-refractivity contribution < 1.29 is 5.11 Å². The lowest BCUT2D eigenvalue weighted by molar-refractivity contribution is 0.475. The minimum absolute atomic E-state index is 0.224. The van der Waals surface area contributed by atoms with Crippen molar-refractivity contribution in [3.05, 3.63) is 54.2 Å². The normalized spacial score (nSPS) is 10.6. The number of anilines is 1. The van der Waals surface area contributed by atoms with Crippen molar-refractivity contribution in [2.45, 2.75) is 6.92 Å². The molecule has 0 atom stereocenters. The third kappa shape index (κ3) is 2.45. The van der Waals surface area contributed by atoms with E-state index in [0.29, 0.717) is 0 Å². The maximum atomic E-state index is 9.61. The van der Waals surface area contributed by atoms with Crippen molar-refractivity contribution in [1.82, 2.24) is 14.8 Å². The second-order valence-corrected chi connectivity index (χ2v) is 4.77. The molecule has 5 nitrogen and oxygen atoms in total. The highest BCUT2D eigenvalue weighted by Gasteiger charge is 2.12. The maximum absolute atomic E-state index is 9.61. The van der Waals surface area contributed by atoms with E-state index in [2.05, 4.69) is 15.4 Å². The van der Waals surface area contributed by atoms with Gasteiger partial charge in [-0.25, -0.2) is 4.98 Å². The number of rotatable bonds is 3. The number of aromatic hydroxyl groups is 1. The topological polar surface area (TPSA) is 63.0 Å². The van der Waals surface area contributed by atoms with Gasteiger partial charge >= 0.3 is 0 Å². The van der Waals surface area contributed by atoms with Gasteiger partial charge in [-0.3, -0.25) is 0 Å². The molecule has 21 heavy (non-hydrogen) atoms. The van der Waals surface area contributed by atoms with Gasteiger partial charge in [0, 0.05) is 24.9 Å². The maximum Gasteiger partial charge on any atom is 0.158 e. The van der Waals surface area contributed by atoms with Crippen LogP contribution >= 0.6 is 0 Å². The van der Waals surface area contributed by atoms with Gasteiger partial charge in [0.05, 0.1) is 5.69 Å². The fourth-order valence-corrected chi connectivity index (χ4v) is 2.23. The van der Waals surface area contributed by atoms with E-state index in [9.17, 15) is 5.11 Å². The smallest absolute Gasteiger partial charge is 0.158 e. The summed E-state index contributed by atoms with van der Waals surface area (Å²) in [6, 6.07) is 12.9. The molecule has 2 aromatic heterocycles. The van der Waals surface area contributed by atoms with Crippen LogP contribution in [0.3, 0.4) is 0 Å². The molecule has 0 saturated carbocycles. The summed E-state index contributed by atoms with van der Waals surface area (Å²) in [6.07, 6.45) is 1.75. The average Bonchev–Trinajstić information content (AvgIpc) is 2.92. The summed E-state index contributed by atoms with van der Waals surface area (Å²) in [5.41, 5.74) is 2.68. The van der Waals surface area contributed by atoms with Gasteiger partial charge in [-0.05, 0) is 30.7 Å². The third-order valence-corrected chi connectivity index (χ3v) is 3.29. The van der Waals surface area contributed by atoms with Crippen LogP contribution in [-0.4, -0.2) is 26.9 Å². The molecule has 3 rings (SSSR count). The average molecular weight is 280 g/mol. The lowest BCUT2D eigenvalue weighted by Gasteiger charge is -2.07. The number of nitrogens with one attached hydrogen (secondary N) is 1. The Labute approximate surface area is 122 Å². The Hall–Kier alpha value is -2.82. The first-order chi connectivity index (χ1) is 10.2. The molecule has 0 saturated heterocycles. The second kappa shape index (κ2) is 5.28. The second-order valence-electron chi connectivity index (χ2n) is 4.77. The molecule has 0 aliphatic heterocycles. The van der Waals surface area contributed by atoms with Crippen LogP contribution in [0.5, 0.6) is 5.75 Å². The summed E-state index contributed by atoms with van der Waals surface area (Å²) < 4.78 is 1.77. The van der Waals surface area contributed by atoms with Crippen LogP contribution in [0.25, 0.3) is 17.1 Å². The molecule has 0 aliphatic rings. The molecule has 0 aliphatic carbocycles. The number of hydrogen-bond acceptors (Lipinski definition) is 4. The van der Waals surface area contributed by atoms with Crippen LogP contribution < -0.4 is 5.32 Å². The molecule has 0 fully saturated rings. The number of aromatic nitrogens is 3. The summed E-state index contributed by atoms with van der Waals surface area (Å²) in [5.74, 6) is 1.85. The number of phenolic OH excluding ortho intramolecular Hbond substituents is 1. The van der Waals surface area contributed by atoms with Crippen LogP contribution in [0.4, 0.5) is 5.82 Å². The predicted molar refractivity (Wildman–Crippen MR) is 82.7 cm³/mol. The third-order valence-electron chi connectivity index (χ3n) is 3.29. The molecule has 0 unspecified atom stereocenters. The molecule has 0 spiro atoms. The Morgan fingerprint density at radius 2 is 2.00 bits per heavy atom. The first-order valence-electron chi connectivity index (χ1n) is 6.68. The number of hydrogen-bond donors (Lipinski definition) is 2. The Morgan fingerprint density at radius 1 is 1.14 bits per heavy atom. The first kappa shape index (κ1) is 13.2. The summed E-state index contributed by atoms with van der Waals surface area (Å²) in [4.78, 5) is 4.39. The van der Waals surface area contributed by atoms with Gasteiger partial charge < -0.3 is 10.4 Å². The van der Waals surface area contributed by atoms with Gasteiger partial charge in [0.2, 0.25) is 0 Å². The Kier molecular flexibility index (Phi) is 3.31. The zero-order chi connectivity index (χ0) is 14.8. The zero-order valence-electron chi connectivity index (χ0n) is 11.9. The zero-order valence-corrected chi connectivity index (χ0v) is 11.9. The van der Waals surface area contributed by atoms with E-state index < -0.39 is 0 Å². The van der Waals surface area contributed by atoms with Gasteiger partial charge in [0.1, 0.15) is 11.6 Å². The van der Waals surface area contributed by atoms with Crippen LogP contribution in [0.2, 0.25) is 0 Å². The molecule has 1 aromatic carbocycles. The highest BCUT2D eigenvalue weighted by Crippen LogP contribution is 2.26. The molecule has 106 valence electrons. The molecule has 2 heterocycles. The minimum atomic E-state index is 0.224. The van der Waals surface area contributed by atoms with Crippen molar-refractivity contribution in [3.63, 3.8) is 0 Å². The predicted octanol–water partition coefficient (Wildman–Crippen LogP) is 2.99. The van der Waals surface area contributed by atoms with E-state index in [1.54, 1.807) is 29.1 Å². The Bertz CT molecular complexity index is 779. The highest BCUT2D eigenvalue weighted by atomic mass is 16.3. The number of pyridine rings is 1. The number of phenols is 1. The Balaban J connectivity index is 2.13. The summed E-state index contributed by atoms with van der Waals surface area (Å²) in [6.45, 7) is 2.00. The van der Waals surface area contributed by atoms with Crippen molar-refractivity contribution in [3.8, 4) is 22.8 Å². The largest absolute Gasteiger partial charge is 0.508 e. The van der Waals surface area contributed by atoms with Crippen molar-refractivity contribution >= 4 is 5.82 Å². The fraction of sp³-hybridized carbons (Fsp3) is 0.125. The minimum Gasteiger partial charge on any atom is -0.508 e. The van der Waals surface area contributed by atoms with E-state index in [1.165, 1.54) is 0 Å². The standard InChI is InChI=1S/C16H16N4O/c1-11-5-4-8-18-16(11)20-15(17-2)10-14(19-20)12-6-3-7-13(21)9-12/h3-10,17,21H,1-2H3. The molecule has 0 bridgehead atoms. The van der Waals surface area contributed by atoms with E-state index in [4.69, 9.17) is 0 Å². The van der Waals surface area contributed by atoms with Crippen LogP contribution in [0, 0.1) is 6.92 Å². The monoisotopic (exact) mass is 280 g/mol. The summed E-state index contributed by atoms with van der Waals surface area (Å²) in [5, 5.41) is 17.3. The summed E-state index contributed by atoms with van der Waals surface area (Å²) >= 11 is 0. The molecule has 0 radical (unpaired) electrons. The first-order valence-corrected chi connectivity index (χ1v) is 6.68. The number of nitrogens with zero attached hydrogens (tertiary/aromatic N) is 3. The molecule has 2 N–H and O–H groups in total. The van der Waals surface area contributed by atoms with E-state index in [1.807, 2.05) is 38.2 Å². The summed E-state index contributed by atoms with van der Waals surface area (Å²) in [7, 11) is 1.85. The molecular weight excluding hydrogens is 264 g/mol. The van der Waals surface area contributed by atoms with Gasteiger partial charge in [0.15, 0.2) is 5.82 Å². The fourth-order valence-electron chi connectivity index (χ4n) is 2.23. The van der Waals surface area contributed by atoms with Crippen LogP contribution in [0.15, 0.2) is 48.7 Å². The van der Waals surface area contributed by atoms with Gasteiger partial charge in [-0.1, -0.05) is 18.2 Å². The lowest BCUT2D eigenvalue weighted by Crippen LogP contribution is -2.05. The van der Waals surface area contributed by atoms with Gasteiger partial charge in [0.25, 0.3) is 0 Å². The van der Waals surface area contributed by atoms with Crippen LogP contribution in [-0.2, 0) is 0 Å². The van der Waals surface area contributed by atoms with Gasteiger partial charge in [-0.2, -0.15) is 9.78 Å². The lowest BCUT2D eigenvalue weighted by atomic mass is 10.1. The van der Waals surface area contributed by atoms with Crippen LogP contribution in [0.1, 0.15) is 5.56 Å². The van der Waals surface area contributed by atoms with Crippen molar-refractivity contribution in [2.75, 3.05) is 12.4 Å². The molecular formula is C16H16N4O. The van der Waals surface area contributed by atoms with Gasteiger partial charge in [-0.15, -0.1) is 0 Å². The SMILES string of the molecule is CNc1cc(-c2cccc(O)c2)nn1-c1ncccc1C. The number of aryl methyl sites for hydroxylation is 1. The molecule has 0 amide bonds. The Morgan fingerprint density at radius 3 is 2.71 bits per heavy atom. The highest BCUT2D eigenvalue weighted by molar-refractivity contribution is 5.65.